The molecule has 1 aliphatic heterocycles. The molecule has 2 saturated carbocycles. The van der Waals surface area contributed by atoms with Gasteiger partial charge in [0.05, 0.1) is 11.6 Å². The molecule has 0 bridgehead atoms. The molecule has 2 aliphatic carbocycles. The average Bonchev–Trinajstić information content (AvgIpc) is 3.51. The van der Waals surface area contributed by atoms with Crippen LogP contribution in [0.3, 0.4) is 0 Å². The summed E-state index contributed by atoms with van der Waals surface area (Å²) in [6.07, 6.45) is 2.90. The molecule has 0 radical (unpaired) electrons. The van der Waals surface area contributed by atoms with Gasteiger partial charge in [-0.2, -0.15) is 0 Å². The van der Waals surface area contributed by atoms with Crippen molar-refractivity contribution in [2.45, 2.75) is 50.9 Å². The zero-order valence-electron chi connectivity index (χ0n) is 16.0. The Morgan fingerprint density at radius 2 is 2.00 bits per heavy atom. The van der Waals surface area contributed by atoms with Gasteiger partial charge in [-0.1, -0.05) is 0 Å². The van der Waals surface area contributed by atoms with E-state index >= 15 is 0 Å². The van der Waals surface area contributed by atoms with Gasteiger partial charge in [-0.05, 0) is 44.4 Å². The minimum atomic E-state index is -1.28. The van der Waals surface area contributed by atoms with Crippen molar-refractivity contribution in [3.63, 3.8) is 0 Å². The van der Waals surface area contributed by atoms with Gasteiger partial charge < -0.3 is 20.3 Å². The third-order valence-corrected chi connectivity index (χ3v) is 7.11. The summed E-state index contributed by atoms with van der Waals surface area (Å²) in [5.74, 6) is -1.28. The van der Waals surface area contributed by atoms with E-state index in [0.29, 0.717) is 17.3 Å². The largest absolute Gasteiger partial charge is 0.477 e. The first-order valence-electron chi connectivity index (χ1n) is 9.75. The third-order valence-electron chi connectivity index (χ3n) is 7.11. The Morgan fingerprint density at radius 1 is 1.32 bits per heavy atom. The summed E-state index contributed by atoms with van der Waals surface area (Å²) in [7, 11) is 0. The zero-order chi connectivity index (χ0) is 20.0. The fourth-order valence-electron chi connectivity index (χ4n) is 5.03. The number of carboxylic acids is 1. The van der Waals surface area contributed by atoms with Crippen molar-refractivity contribution < 1.29 is 14.3 Å². The molecular weight excluding hydrogens is 361 g/mol. The van der Waals surface area contributed by atoms with Crippen LogP contribution in [0.5, 0.6) is 0 Å². The van der Waals surface area contributed by atoms with Gasteiger partial charge in [0.25, 0.3) is 0 Å². The van der Waals surface area contributed by atoms with Gasteiger partial charge in [0.15, 0.2) is 0 Å². The number of benzene rings is 1. The first-order valence-corrected chi connectivity index (χ1v) is 9.75. The van der Waals surface area contributed by atoms with E-state index in [1.54, 1.807) is 10.6 Å². The van der Waals surface area contributed by atoms with Crippen LogP contribution in [0.25, 0.3) is 10.9 Å². The Kier molecular flexibility index (Phi) is 3.37. The normalized spacial score (nSPS) is 30.2. The van der Waals surface area contributed by atoms with Gasteiger partial charge in [0, 0.05) is 47.7 Å². The molecule has 3 N–H and O–H groups in total. The minimum absolute atomic E-state index is 0.155. The fraction of sp³-hybridized carbons (Fsp3) is 0.524. The number of hydrogen-bond acceptors (Lipinski definition) is 4. The van der Waals surface area contributed by atoms with Crippen LogP contribution in [0.15, 0.2) is 23.1 Å². The predicted molar refractivity (Wildman–Crippen MR) is 105 cm³/mol. The number of nitrogens with two attached hydrogens (primary N) is 1. The van der Waals surface area contributed by atoms with Gasteiger partial charge in [0.1, 0.15) is 11.7 Å². The van der Waals surface area contributed by atoms with E-state index in [0.717, 1.165) is 37.2 Å². The number of rotatable bonds is 3. The lowest BCUT2D eigenvalue weighted by molar-refractivity contribution is 0.0694. The highest BCUT2D eigenvalue weighted by molar-refractivity contribution is 5.95. The summed E-state index contributed by atoms with van der Waals surface area (Å²) < 4.78 is 15.6. The summed E-state index contributed by atoms with van der Waals surface area (Å²) in [4.78, 5) is 26.5. The molecule has 6 nitrogen and oxygen atoms in total. The maximum absolute atomic E-state index is 13.9. The topological polar surface area (TPSA) is 88.6 Å². The number of anilines is 1. The maximum Gasteiger partial charge on any atom is 0.341 e. The van der Waals surface area contributed by atoms with Crippen molar-refractivity contribution in [3.8, 4) is 0 Å². The van der Waals surface area contributed by atoms with Crippen molar-refractivity contribution >= 4 is 22.6 Å². The van der Waals surface area contributed by atoms with Gasteiger partial charge in [0.2, 0.25) is 5.43 Å². The molecule has 5 rings (SSSR count). The molecule has 148 valence electrons. The SMILES string of the molecule is Cc1c(N2CC(C)(N)C3(CC3)C2)ccc2c(=O)c(C(=O)O)cn(C3CC3F)c12. The van der Waals surface area contributed by atoms with Crippen LogP contribution < -0.4 is 16.1 Å². The quantitative estimate of drug-likeness (QED) is 0.848. The van der Waals surface area contributed by atoms with E-state index in [1.165, 1.54) is 6.20 Å². The van der Waals surface area contributed by atoms with Crippen molar-refractivity contribution in [3.05, 3.63) is 39.7 Å². The number of halogens is 1. The molecule has 3 unspecified atom stereocenters. The summed E-state index contributed by atoms with van der Waals surface area (Å²) in [5.41, 5.74) is 8.13. The van der Waals surface area contributed by atoms with E-state index in [9.17, 15) is 19.1 Å². The Balaban J connectivity index is 1.70. The van der Waals surface area contributed by atoms with Crippen LogP contribution in [0.4, 0.5) is 10.1 Å². The van der Waals surface area contributed by atoms with Gasteiger partial charge in [-0.15, -0.1) is 0 Å². The van der Waals surface area contributed by atoms with Crippen LogP contribution in [0.2, 0.25) is 0 Å². The van der Waals surface area contributed by atoms with Crippen molar-refractivity contribution in [2.24, 2.45) is 11.1 Å². The number of fused-ring (bicyclic) bond motifs is 1. The second-order valence-corrected chi connectivity index (χ2v) is 9.06. The second kappa shape index (κ2) is 5.35. The first kappa shape index (κ1) is 17.7. The number of nitrogens with zero attached hydrogens (tertiary/aromatic N) is 2. The second-order valence-electron chi connectivity index (χ2n) is 9.06. The lowest BCUT2D eigenvalue weighted by Gasteiger charge is -2.25. The number of aryl methyl sites for hydroxylation is 1. The van der Waals surface area contributed by atoms with Crippen LogP contribution in [0, 0.1) is 12.3 Å². The number of aromatic nitrogens is 1. The summed E-state index contributed by atoms with van der Waals surface area (Å²) >= 11 is 0. The average molecular weight is 385 g/mol. The summed E-state index contributed by atoms with van der Waals surface area (Å²) in [6, 6.07) is 3.15. The highest BCUT2D eigenvalue weighted by Gasteiger charge is 2.60. The molecule has 3 atom stereocenters. The molecule has 2 heterocycles. The van der Waals surface area contributed by atoms with Crippen molar-refractivity contribution in [2.75, 3.05) is 18.0 Å². The van der Waals surface area contributed by atoms with Crippen LogP contribution in [0.1, 0.15) is 48.1 Å². The van der Waals surface area contributed by atoms with Crippen LogP contribution in [-0.4, -0.2) is 40.4 Å². The third kappa shape index (κ3) is 2.28. The molecule has 2 aromatic rings. The Hall–Kier alpha value is -2.41. The number of aromatic carboxylic acids is 1. The molecule has 1 aromatic heterocycles. The van der Waals surface area contributed by atoms with E-state index < -0.39 is 23.6 Å². The Morgan fingerprint density at radius 3 is 2.54 bits per heavy atom. The molecule has 1 aromatic carbocycles. The molecule has 3 fully saturated rings. The Labute approximate surface area is 161 Å². The zero-order valence-corrected chi connectivity index (χ0v) is 16.0. The number of carbonyl (C=O) groups is 1. The molecule has 0 amide bonds. The summed E-state index contributed by atoms with van der Waals surface area (Å²) in [6.45, 7) is 5.63. The maximum atomic E-state index is 13.9. The molecule has 3 aliphatic rings. The number of pyridine rings is 1. The number of carboxylic acid groups (broad SMARTS) is 1. The fourth-order valence-corrected chi connectivity index (χ4v) is 5.03. The minimum Gasteiger partial charge on any atom is -0.477 e. The highest BCUT2D eigenvalue weighted by atomic mass is 19.1. The number of alkyl halides is 1. The molecule has 28 heavy (non-hydrogen) atoms. The van der Waals surface area contributed by atoms with Crippen molar-refractivity contribution in [1.82, 2.24) is 4.57 Å². The van der Waals surface area contributed by atoms with Gasteiger partial charge >= 0.3 is 5.97 Å². The van der Waals surface area contributed by atoms with Crippen LogP contribution >= 0.6 is 0 Å². The predicted octanol–water partition coefficient (Wildman–Crippen LogP) is 2.61. The molecule has 7 heteroatoms. The standard InChI is InChI=1S/C21H24FN3O3/c1-11-15(24-9-20(2,23)21(10-24)5-6-21)4-3-12-17(11)25(16-7-14(16)22)8-13(18(12)26)19(27)28/h3-4,8,14,16H,5-7,9-10,23H2,1-2H3,(H,27,28). The van der Waals surface area contributed by atoms with Gasteiger partial charge in [-0.3, -0.25) is 4.79 Å². The summed E-state index contributed by atoms with van der Waals surface area (Å²) in [5, 5.41) is 9.74. The smallest absolute Gasteiger partial charge is 0.341 e. The first-order chi connectivity index (χ1) is 13.2. The lowest BCUT2D eigenvalue weighted by Crippen LogP contribution is -2.45. The van der Waals surface area contributed by atoms with Gasteiger partial charge in [-0.25, -0.2) is 9.18 Å². The van der Waals surface area contributed by atoms with E-state index in [2.05, 4.69) is 11.8 Å². The Bertz CT molecular complexity index is 1080. The van der Waals surface area contributed by atoms with Crippen LogP contribution in [-0.2, 0) is 0 Å². The molecular formula is C21H24FN3O3. The number of hydrogen-bond donors (Lipinski definition) is 2. The van der Waals surface area contributed by atoms with E-state index in [-0.39, 0.29) is 16.5 Å². The van der Waals surface area contributed by atoms with Crippen molar-refractivity contribution in [1.29, 1.82) is 0 Å². The van der Waals surface area contributed by atoms with E-state index in [1.807, 2.05) is 13.0 Å². The lowest BCUT2D eigenvalue weighted by atomic mass is 9.87. The monoisotopic (exact) mass is 385 g/mol. The highest BCUT2D eigenvalue weighted by Crippen LogP contribution is 2.58. The molecule has 1 saturated heterocycles. The molecule has 1 spiro atoms. The van der Waals surface area contributed by atoms with E-state index in [4.69, 9.17) is 5.73 Å².